The second kappa shape index (κ2) is 8.73. The zero-order chi connectivity index (χ0) is 19.3. The summed E-state index contributed by atoms with van der Waals surface area (Å²) in [5.74, 6) is -0.231. The zero-order valence-corrected chi connectivity index (χ0v) is 16.3. The molecule has 3 amide bonds. The summed E-state index contributed by atoms with van der Waals surface area (Å²) in [4.78, 5) is 26.3. The van der Waals surface area contributed by atoms with Gasteiger partial charge in [-0.15, -0.1) is 0 Å². The van der Waals surface area contributed by atoms with Gasteiger partial charge >= 0.3 is 6.03 Å². The Balaban J connectivity index is 1.49. The summed E-state index contributed by atoms with van der Waals surface area (Å²) >= 11 is 0. The van der Waals surface area contributed by atoms with Crippen LogP contribution in [-0.4, -0.2) is 50.1 Å². The molecule has 2 aliphatic rings. The molecule has 27 heavy (non-hydrogen) atoms. The van der Waals surface area contributed by atoms with E-state index in [9.17, 15) is 18.0 Å². The van der Waals surface area contributed by atoms with Crippen molar-refractivity contribution in [2.24, 2.45) is 0 Å². The minimum absolute atomic E-state index is 0.0780. The standard InChI is InChI=1S/C19H27N3O4S/c23-18(10-11-20-19(24)21-16-7-2-1-3-8-16)22-12-13-27(25,26)17-9-5-4-6-15(17)14-22/h4-6,9,16H,1-3,7-8,10-14H2,(H2,20,21,24). The number of sulfone groups is 1. The van der Waals surface area contributed by atoms with Gasteiger partial charge in [-0.1, -0.05) is 37.5 Å². The van der Waals surface area contributed by atoms with Crippen LogP contribution in [0.3, 0.4) is 0 Å². The highest BCUT2D eigenvalue weighted by atomic mass is 32.2. The smallest absolute Gasteiger partial charge is 0.315 e. The molecule has 1 aliphatic carbocycles. The monoisotopic (exact) mass is 393 g/mol. The van der Waals surface area contributed by atoms with Crippen LogP contribution >= 0.6 is 0 Å². The highest BCUT2D eigenvalue weighted by Crippen LogP contribution is 2.22. The molecule has 0 spiro atoms. The normalized spacial score (nSPS) is 19.6. The molecule has 2 N–H and O–H groups in total. The first-order valence-electron chi connectivity index (χ1n) is 9.58. The Labute approximate surface area is 160 Å². The lowest BCUT2D eigenvalue weighted by molar-refractivity contribution is -0.131. The van der Waals surface area contributed by atoms with Gasteiger partial charge in [-0.3, -0.25) is 4.79 Å². The van der Waals surface area contributed by atoms with Crippen LogP contribution in [0.5, 0.6) is 0 Å². The Bertz CT molecular complexity index is 788. The number of carbonyl (C=O) groups is 2. The first-order chi connectivity index (χ1) is 13.0. The maximum Gasteiger partial charge on any atom is 0.315 e. The van der Waals surface area contributed by atoms with E-state index in [2.05, 4.69) is 10.6 Å². The number of rotatable bonds is 4. The number of benzene rings is 1. The Morgan fingerprint density at radius 1 is 1.11 bits per heavy atom. The van der Waals surface area contributed by atoms with Gasteiger partial charge in [-0.25, -0.2) is 13.2 Å². The summed E-state index contributed by atoms with van der Waals surface area (Å²) < 4.78 is 24.7. The molecule has 0 aromatic heterocycles. The van der Waals surface area contributed by atoms with E-state index in [4.69, 9.17) is 0 Å². The first-order valence-corrected chi connectivity index (χ1v) is 11.2. The molecule has 0 unspecified atom stereocenters. The molecule has 148 valence electrons. The molecule has 1 aromatic rings. The maximum absolute atomic E-state index is 12.5. The van der Waals surface area contributed by atoms with Crippen molar-refractivity contribution in [1.82, 2.24) is 15.5 Å². The van der Waals surface area contributed by atoms with Crippen molar-refractivity contribution in [2.45, 2.75) is 56.0 Å². The van der Waals surface area contributed by atoms with Crippen LogP contribution < -0.4 is 10.6 Å². The highest BCUT2D eigenvalue weighted by molar-refractivity contribution is 7.91. The van der Waals surface area contributed by atoms with Crippen LogP contribution in [0.4, 0.5) is 4.79 Å². The van der Waals surface area contributed by atoms with Crippen LogP contribution in [0.25, 0.3) is 0 Å². The third kappa shape index (κ3) is 5.22. The predicted molar refractivity (Wildman–Crippen MR) is 102 cm³/mol. The van der Waals surface area contributed by atoms with Gasteiger partial charge in [0, 0.05) is 32.1 Å². The molecule has 1 fully saturated rings. The number of hydrogen-bond acceptors (Lipinski definition) is 4. The van der Waals surface area contributed by atoms with E-state index in [1.807, 2.05) is 0 Å². The van der Waals surface area contributed by atoms with E-state index in [-0.39, 0.29) is 49.8 Å². The second-order valence-electron chi connectivity index (χ2n) is 7.23. The minimum atomic E-state index is -3.37. The van der Waals surface area contributed by atoms with E-state index in [0.29, 0.717) is 10.5 Å². The molecule has 0 bridgehead atoms. The third-order valence-corrected chi connectivity index (χ3v) is 7.00. The van der Waals surface area contributed by atoms with Crippen molar-refractivity contribution in [2.75, 3.05) is 18.8 Å². The van der Waals surface area contributed by atoms with Crippen molar-refractivity contribution in [1.29, 1.82) is 0 Å². The van der Waals surface area contributed by atoms with Crippen LogP contribution in [0.2, 0.25) is 0 Å². The lowest BCUT2D eigenvalue weighted by Crippen LogP contribution is -2.44. The van der Waals surface area contributed by atoms with Gasteiger partial charge in [0.25, 0.3) is 0 Å². The van der Waals surface area contributed by atoms with E-state index in [1.165, 1.54) is 6.42 Å². The topological polar surface area (TPSA) is 95.6 Å². The fraction of sp³-hybridized carbons (Fsp3) is 0.579. The van der Waals surface area contributed by atoms with Crippen LogP contribution in [0.1, 0.15) is 44.1 Å². The molecule has 1 aliphatic heterocycles. The fourth-order valence-corrected chi connectivity index (χ4v) is 5.20. The number of fused-ring (bicyclic) bond motifs is 1. The van der Waals surface area contributed by atoms with Crippen LogP contribution in [-0.2, 0) is 21.2 Å². The lowest BCUT2D eigenvalue weighted by atomic mass is 9.96. The molecule has 0 radical (unpaired) electrons. The van der Waals surface area contributed by atoms with Gasteiger partial charge in [0.2, 0.25) is 5.91 Å². The van der Waals surface area contributed by atoms with Crippen molar-refractivity contribution in [3.8, 4) is 0 Å². The summed E-state index contributed by atoms with van der Waals surface area (Å²) in [5, 5.41) is 5.69. The molecular weight excluding hydrogens is 366 g/mol. The van der Waals surface area contributed by atoms with E-state index in [0.717, 1.165) is 25.7 Å². The molecule has 7 nitrogen and oxygen atoms in total. The first kappa shape index (κ1) is 19.7. The largest absolute Gasteiger partial charge is 0.338 e. The summed E-state index contributed by atoms with van der Waals surface area (Å²) in [7, 11) is -3.37. The number of carbonyl (C=O) groups excluding carboxylic acids is 2. The Hall–Kier alpha value is -2.09. The highest BCUT2D eigenvalue weighted by Gasteiger charge is 2.27. The zero-order valence-electron chi connectivity index (χ0n) is 15.4. The molecule has 8 heteroatoms. The fourth-order valence-electron chi connectivity index (χ4n) is 3.70. The Kier molecular flexibility index (Phi) is 6.36. The third-order valence-electron chi connectivity index (χ3n) is 5.22. The maximum atomic E-state index is 12.5. The van der Waals surface area contributed by atoms with E-state index in [1.54, 1.807) is 29.2 Å². The van der Waals surface area contributed by atoms with Gasteiger partial charge in [-0.2, -0.15) is 0 Å². The van der Waals surface area contributed by atoms with Gasteiger partial charge in [0.1, 0.15) is 0 Å². The average Bonchev–Trinajstić information content (AvgIpc) is 2.79. The number of nitrogens with one attached hydrogen (secondary N) is 2. The Morgan fingerprint density at radius 3 is 2.63 bits per heavy atom. The number of urea groups is 1. The Morgan fingerprint density at radius 2 is 1.85 bits per heavy atom. The quantitative estimate of drug-likeness (QED) is 0.816. The molecule has 1 heterocycles. The van der Waals surface area contributed by atoms with Crippen molar-refractivity contribution >= 4 is 21.8 Å². The molecule has 1 aromatic carbocycles. The summed E-state index contributed by atoms with van der Waals surface area (Å²) in [6, 6.07) is 6.80. The summed E-state index contributed by atoms with van der Waals surface area (Å²) in [6.45, 7) is 0.689. The molecular formula is C19H27N3O4S. The van der Waals surface area contributed by atoms with Crippen molar-refractivity contribution in [3.05, 3.63) is 29.8 Å². The van der Waals surface area contributed by atoms with Crippen LogP contribution in [0, 0.1) is 0 Å². The summed E-state index contributed by atoms with van der Waals surface area (Å²) in [6.07, 6.45) is 5.68. The van der Waals surface area contributed by atoms with E-state index < -0.39 is 9.84 Å². The molecule has 3 rings (SSSR count). The summed E-state index contributed by atoms with van der Waals surface area (Å²) in [5.41, 5.74) is 0.645. The second-order valence-corrected chi connectivity index (χ2v) is 9.30. The number of amides is 3. The number of hydrogen-bond donors (Lipinski definition) is 2. The predicted octanol–water partition coefficient (Wildman–Crippen LogP) is 1.82. The molecule has 1 saturated carbocycles. The van der Waals surface area contributed by atoms with Crippen molar-refractivity contribution in [3.63, 3.8) is 0 Å². The SMILES string of the molecule is O=C(NCCC(=O)N1CCS(=O)(=O)c2ccccc2C1)NC1CCCCC1. The van der Waals surface area contributed by atoms with Crippen molar-refractivity contribution < 1.29 is 18.0 Å². The number of nitrogens with zero attached hydrogens (tertiary/aromatic N) is 1. The average molecular weight is 394 g/mol. The molecule has 0 atom stereocenters. The van der Waals surface area contributed by atoms with Gasteiger partial charge in [0.15, 0.2) is 9.84 Å². The van der Waals surface area contributed by atoms with Crippen LogP contribution in [0.15, 0.2) is 29.2 Å². The van der Waals surface area contributed by atoms with E-state index >= 15 is 0 Å². The minimum Gasteiger partial charge on any atom is -0.338 e. The lowest BCUT2D eigenvalue weighted by Gasteiger charge is -2.23. The molecule has 0 saturated heterocycles. The van der Waals surface area contributed by atoms with Gasteiger partial charge < -0.3 is 15.5 Å². The van der Waals surface area contributed by atoms with Gasteiger partial charge in [-0.05, 0) is 24.5 Å². The van der Waals surface area contributed by atoms with Gasteiger partial charge in [0.05, 0.1) is 10.6 Å².